The first-order valence-corrected chi connectivity index (χ1v) is 18.5. The van der Waals surface area contributed by atoms with Gasteiger partial charge >= 0.3 is 7.82 Å². The van der Waals surface area contributed by atoms with Crippen LogP contribution in [0.2, 0.25) is 0 Å². The highest BCUT2D eigenvalue weighted by Crippen LogP contribution is 2.50. The maximum atomic E-state index is 13.4. The van der Waals surface area contributed by atoms with E-state index in [4.69, 9.17) is 13.6 Å². The highest BCUT2D eigenvalue weighted by atomic mass is 31.2. The highest BCUT2D eigenvalue weighted by Gasteiger charge is 2.36. The van der Waals surface area contributed by atoms with Crippen molar-refractivity contribution in [2.45, 2.75) is 90.6 Å². The van der Waals surface area contributed by atoms with Crippen molar-refractivity contribution in [1.29, 1.82) is 0 Å². The van der Waals surface area contributed by atoms with Gasteiger partial charge in [-0.1, -0.05) is 106 Å². The molecule has 1 N–H and O–H groups in total. The molecule has 1 atom stereocenters. The van der Waals surface area contributed by atoms with E-state index in [1.807, 2.05) is 30.3 Å². The van der Waals surface area contributed by atoms with Crippen molar-refractivity contribution in [3.8, 4) is 0 Å². The normalized spacial score (nSPS) is 14.3. The molecule has 10 heteroatoms. The smallest absolute Gasteiger partial charge is 0.354 e. The summed E-state index contributed by atoms with van der Waals surface area (Å²) in [5, 5.41) is 2.79. The summed E-state index contributed by atoms with van der Waals surface area (Å²) in [7, 11) is -4.08. The average molecular weight is 667 g/mol. The van der Waals surface area contributed by atoms with Crippen molar-refractivity contribution >= 4 is 25.5 Å². The molecule has 0 saturated heterocycles. The number of hydrogen-bond donors (Lipinski definition) is 1. The number of allylic oxidation sites excluding steroid dienone is 4. The number of fused-ring (bicyclic) bond motifs is 1. The van der Waals surface area contributed by atoms with Crippen molar-refractivity contribution in [2.75, 3.05) is 26.3 Å². The molecule has 0 spiro atoms. The molecule has 1 heterocycles. The van der Waals surface area contributed by atoms with Gasteiger partial charge in [0.1, 0.15) is 0 Å². The number of benzene rings is 2. The number of imide groups is 1. The summed E-state index contributed by atoms with van der Waals surface area (Å²) in [6.45, 7) is 1.90. The molecule has 0 saturated carbocycles. The summed E-state index contributed by atoms with van der Waals surface area (Å²) in [6.07, 6.45) is 21.8. The van der Waals surface area contributed by atoms with E-state index >= 15 is 0 Å². The number of phosphoric ester groups is 1. The number of phosphoric acid groups is 1. The second-order valence-electron chi connectivity index (χ2n) is 11.5. The first-order valence-electron chi connectivity index (χ1n) is 17.0. The predicted octanol–water partition coefficient (Wildman–Crippen LogP) is 8.57. The second kappa shape index (κ2) is 22.3. The van der Waals surface area contributed by atoms with Crippen LogP contribution in [0, 0.1) is 0 Å². The minimum atomic E-state index is -4.08. The van der Waals surface area contributed by atoms with E-state index in [9.17, 15) is 18.9 Å². The van der Waals surface area contributed by atoms with Crippen LogP contribution in [0.25, 0.3) is 0 Å². The van der Waals surface area contributed by atoms with Crippen LogP contribution >= 0.6 is 7.82 Å². The van der Waals surface area contributed by atoms with Crippen molar-refractivity contribution in [2.24, 2.45) is 0 Å². The Balaban J connectivity index is 1.29. The molecule has 256 valence electrons. The number of carbonyl (C=O) groups is 3. The number of nitrogens with one attached hydrogen (secondary N) is 1. The Bertz CT molecular complexity index is 1310. The SMILES string of the molecule is CCCCCC=CCC=CCCCCCCCC(=O)NCCOP(=O)(OCCN1C(=O)c2ccccc2C1=O)OCc1ccccc1. The van der Waals surface area contributed by atoms with E-state index in [0.717, 1.165) is 55.4 Å². The molecule has 0 radical (unpaired) electrons. The average Bonchev–Trinajstić information content (AvgIpc) is 3.33. The molecule has 9 nitrogen and oxygen atoms in total. The van der Waals surface area contributed by atoms with Crippen LogP contribution in [-0.2, 0) is 29.5 Å². The zero-order valence-corrected chi connectivity index (χ0v) is 28.7. The summed E-state index contributed by atoms with van der Waals surface area (Å²) < 4.78 is 30.0. The van der Waals surface area contributed by atoms with Gasteiger partial charge in [0.05, 0.1) is 37.5 Å². The Hall–Kier alpha value is -3.36. The molecule has 1 aliphatic heterocycles. The van der Waals surface area contributed by atoms with Crippen LogP contribution in [0.5, 0.6) is 0 Å². The van der Waals surface area contributed by atoms with Gasteiger partial charge in [-0.25, -0.2) is 4.57 Å². The third kappa shape index (κ3) is 14.5. The Kier molecular flexibility index (Phi) is 18.0. The van der Waals surface area contributed by atoms with Crippen LogP contribution in [-0.4, -0.2) is 48.9 Å². The van der Waals surface area contributed by atoms with Gasteiger partial charge in [0.25, 0.3) is 11.8 Å². The van der Waals surface area contributed by atoms with Gasteiger partial charge in [-0.2, -0.15) is 0 Å². The quantitative estimate of drug-likeness (QED) is 0.0489. The van der Waals surface area contributed by atoms with Gasteiger partial charge in [0, 0.05) is 13.0 Å². The monoisotopic (exact) mass is 666 g/mol. The van der Waals surface area contributed by atoms with E-state index in [2.05, 4.69) is 36.5 Å². The fourth-order valence-electron chi connectivity index (χ4n) is 5.06. The van der Waals surface area contributed by atoms with E-state index in [-0.39, 0.29) is 38.8 Å². The van der Waals surface area contributed by atoms with Crippen molar-refractivity contribution in [3.05, 3.63) is 95.6 Å². The molecule has 1 aliphatic rings. The zero-order chi connectivity index (χ0) is 33.6. The molecule has 1 unspecified atom stereocenters. The number of unbranched alkanes of at least 4 members (excludes halogenated alkanes) is 8. The van der Waals surface area contributed by atoms with Gasteiger partial charge in [-0.05, 0) is 56.2 Å². The molecule has 0 fully saturated rings. The zero-order valence-electron chi connectivity index (χ0n) is 27.8. The first-order chi connectivity index (χ1) is 22.9. The third-order valence-corrected chi connectivity index (χ3v) is 9.15. The standard InChI is InChI=1S/C37H51N2O7P/c1-2-3-4-5-6-7-8-9-10-11-12-13-14-15-19-26-35(40)38-27-29-44-47(43,46-31-32-22-17-16-18-23-32)45-30-28-39-36(41)33-24-20-21-25-34(33)37(39)42/h6-7,9-10,16-18,20-25H,2-5,8,11-15,19,26-31H2,1H3,(H,38,40). The van der Waals surface area contributed by atoms with Crippen LogP contribution in [0.4, 0.5) is 0 Å². The largest absolute Gasteiger partial charge is 0.475 e. The third-order valence-electron chi connectivity index (χ3n) is 7.70. The fourth-order valence-corrected chi connectivity index (χ4v) is 6.21. The topological polar surface area (TPSA) is 111 Å². The minimum absolute atomic E-state index is 0.0235. The molecule has 47 heavy (non-hydrogen) atoms. The number of amides is 3. The van der Waals surface area contributed by atoms with Crippen molar-refractivity contribution < 1.29 is 32.5 Å². The molecule has 0 bridgehead atoms. The highest BCUT2D eigenvalue weighted by molar-refractivity contribution is 7.48. The number of nitrogens with zero attached hydrogens (tertiary/aromatic N) is 1. The number of hydrogen-bond acceptors (Lipinski definition) is 7. The van der Waals surface area contributed by atoms with Crippen molar-refractivity contribution in [3.63, 3.8) is 0 Å². The molecule has 0 aromatic heterocycles. The molecule has 2 aromatic rings. The second-order valence-corrected chi connectivity index (χ2v) is 13.2. The Morgan fingerprint density at radius 3 is 2.02 bits per heavy atom. The predicted molar refractivity (Wildman–Crippen MR) is 185 cm³/mol. The Morgan fingerprint density at radius 2 is 1.34 bits per heavy atom. The lowest BCUT2D eigenvalue weighted by Crippen LogP contribution is -2.33. The lowest BCUT2D eigenvalue weighted by Gasteiger charge is -2.20. The number of rotatable bonds is 25. The molecular formula is C37H51N2O7P. The van der Waals surface area contributed by atoms with Gasteiger partial charge in [0.2, 0.25) is 5.91 Å². The lowest BCUT2D eigenvalue weighted by atomic mass is 10.1. The van der Waals surface area contributed by atoms with Crippen LogP contribution < -0.4 is 5.32 Å². The summed E-state index contributed by atoms with van der Waals surface area (Å²) in [5.41, 5.74) is 1.42. The maximum Gasteiger partial charge on any atom is 0.475 e. The maximum absolute atomic E-state index is 13.4. The fraction of sp³-hybridized carbons (Fsp3) is 0.486. The molecule has 3 rings (SSSR count). The minimum Gasteiger partial charge on any atom is -0.354 e. The van der Waals surface area contributed by atoms with E-state index in [0.29, 0.717) is 17.5 Å². The van der Waals surface area contributed by atoms with Crippen LogP contribution in [0.1, 0.15) is 110 Å². The summed E-state index contributed by atoms with van der Waals surface area (Å²) >= 11 is 0. The summed E-state index contributed by atoms with van der Waals surface area (Å²) in [5.74, 6) is -0.949. The van der Waals surface area contributed by atoms with Gasteiger partial charge in [-0.15, -0.1) is 0 Å². The summed E-state index contributed by atoms with van der Waals surface area (Å²) in [4.78, 5) is 38.6. The molecule has 0 aliphatic carbocycles. The van der Waals surface area contributed by atoms with Gasteiger partial charge in [0.15, 0.2) is 0 Å². The first kappa shape index (κ1) is 38.1. The van der Waals surface area contributed by atoms with Crippen LogP contribution in [0.3, 0.4) is 0 Å². The number of carbonyl (C=O) groups excluding carboxylic acids is 3. The Morgan fingerprint density at radius 1 is 0.745 bits per heavy atom. The van der Waals surface area contributed by atoms with E-state index in [1.165, 1.54) is 25.7 Å². The molecular weight excluding hydrogens is 615 g/mol. The van der Waals surface area contributed by atoms with E-state index in [1.54, 1.807) is 24.3 Å². The van der Waals surface area contributed by atoms with Crippen molar-refractivity contribution in [1.82, 2.24) is 10.2 Å². The lowest BCUT2D eigenvalue weighted by molar-refractivity contribution is -0.121. The van der Waals surface area contributed by atoms with E-state index < -0.39 is 19.6 Å². The molecule has 3 amide bonds. The van der Waals surface area contributed by atoms with Gasteiger partial charge in [-0.3, -0.25) is 32.9 Å². The van der Waals surface area contributed by atoms with Gasteiger partial charge < -0.3 is 5.32 Å². The Labute approximate surface area is 280 Å². The molecule has 2 aromatic carbocycles. The summed E-state index contributed by atoms with van der Waals surface area (Å²) in [6, 6.07) is 15.7. The van der Waals surface area contributed by atoms with Crippen LogP contribution in [0.15, 0.2) is 78.9 Å².